The summed E-state index contributed by atoms with van der Waals surface area (Å²) in [6, 6.07) is 4.47. The first-order valence-electron chi connectivity index (χ1n) is 6.22. The van der Waals surface area contributed by atoms with Gasteiger partial charge in [0.2, 0.25) is 0 Å². The highest BCUT2D eigenvalue weighted by molar-refractivity contribution is 5.85. The Morgan fingerprint density at radius 2 is 2.22 bits per heavy atom. The van der Waals surface area contributed by atoms with Crippen molar-refractivity contribution >= 4 is 18.1 Å². The van der Waals surface area contributed by atoms with E-state index in [1.54, 1.807) is 6.26 Å². The molecule has 2 aromatic rings. The summed E-state index contributed by atoms with van der Waals surface area (Å²) in [5.74, 6) is 0.943. The quantitative estimate of drug-likeness (QED) is 0.920. The standard InChI is InChI=1S/C13H17N3O.ClH/c1-2-5-12(4-1)16-10-11(8-15-16)14-9-13-6-3-7-17-13;/h3,6-8,10,12,14H,1-2,4-5,9H2;1H. The number of nitrogens with zero attached hydrogens (tertiary/aromatic N) is 2. The second kappa shape index (κ2) is 5.96. The van der Waals surface area contributed by atoms with Crippen LogP contribution in [0.2, 0.25) is 0 Å². The lowest BCUT2D eigenvalue weighted by molar-refractivity contribution is 0.467. The first kappa shape index (κ1) is 13.0. The van der Waals surface area contributed by atoms with Gasteiger partial charge in [0, 0.05) is 6.20 Å². The van der Waals surface area contributed by atoms with Crippen molar-refractivity contribution in [1.29, 1.82) is 0 Å². The predicted molar refractivity (Wildman–Crippen MR) is 73.0 cm³/mol. The molecule has 0 radical (unpaired) electrons. The van der Waals surface area contributed by atoms with Gasteiger partial charge in [-0.15, -0.1) is 12.4 Å². The number of furan rings is 1. The van der Waals surface area contributed by atoms with Crippen molar-refractivity contribution in [2.24, 2.45) is 0 Å². The highest BCUT2D eigenvalue weighted by Gasteiger charge is 2.17. The molecule has 3 rings (SSSR count). The van der Waals surface area contributed by atoms with Crippen molar-refractivity contribution in [2.75, 3.05) is 5.32 Å². The van der Waals surface area contributed by atoms with Gasteiger partial charge >= 0.3 is 0 Å². The minimum atomic E-state index is 0. The Morgan fingerprint density at radius 3 is 2.94 bits per heavy atom. The summed E-state index contributed by atoms with van der Waals surface area (Å²) in [7, 11) is 0. The molecule has 98 valence electrons. The van der Waals surface area contributed by atoms with Crippen molar-refractivity contribution in [3.05, 3.63) is 36.5 Å². The summed E-state index contributed by atoms with van der Waals surface area (Å²) >= 11 is 0. The minimum Gasteiger partial charge on any atom is -0.467 e. The summed E-state index contributed by atoms with van der Waals surface area (Å²) in [6.45, 7) is 0.712. The maximum absolute atomic E-state index is 5.27. The molecule has 1 fully saturated rings. The van der Waals surface area contributed by atoms with Gasteiger partial charge in [-0.1, -0.05) is 12.8 Å². The van der Waals surface area contributed by atoms with Gasteiger partial charge in [-0.2, -0.15) is 5.10 Å². The average Bonchev–Trinajstić information content (AvgIpc) is 3.09. The van der Waals surface area contributed by atoms with Crippen LogP contribution in [0.5, 0.6) is 0 Å². The van der Waals surface area contributed by atoms with Crippen molar-refractivity contribution in [3.8, 4) is 0 Å². The molecular formula is C13H18ClN3O. The molecule has 5 heteroatoms. The van der Waals surface area contributed by atoms with E-state index in [9.17, 15) is 0 Å². The number of anilines is 1. The lowest BCUT2D eigenvalue weighted by Crippen LogP contribution is -2.04. The lowest BCUT2D eigenvalue weighted by atomic mass is 10.3. The van der Waals surface area contributed by atoms with E-state index >= 15 is 0 Å². The molecule has 1 saturated carbocycles. The molecule has 1 N–H and O–H groups in total. The molecule has 2 heterocycles. The van der Waals surface area contributed by atoms with Crippen LogP contribution in [0.15, 0.2) is 35.2 Å². The molecule has 0 unspecified atom stereocenters. The van der Waals surface area contributed by atoms with Crippen LogP contribution in [0.3, 0.4) is 0 Å². The molecule has 2 aromatic heterocycles. The molecular weight excluding hydrogens is 250 g/mol. The number of hydrogen-bond acceptors (Lipinski definition) is 3. The number of hydrogen-bond donors (Lipinski definition) is 1. The highest BCUT2D eigenvalue weighted by atomic mass is 35.5. The topological polar surface area (TPSA) is 43.0 Å². The molecule has 1 aliphatic carbocycles. The molecule has 4 nitrogen and oxygen atoms in total. The number of nitrogens with one attached hydrogen (secondary N) is 1. The van der Waals surface area contributed by atoms with Gasteiger partial charge in [-0.3, -0.25) is 4.68 Å². The van der Waals surface area contributed by atoms with E-state index in [1.165, 1.54) is 25.7 Å². The zero-order valence-electron chi connectivity index (χ0n) is 10.2. The van der Waals surface area contributed by atoms with E-state index < -0.39 is 0 Å². The van der Waals surface area contributed by atoms with Crippen LogP contribution in [0.25, 0.3) is 0 Å². The molecule has 0 atom stereocenters. The van der Waals surface area contributed by atoms with Gasteiger partial charge in [0.25, 0.3) is 0 Å². The Kier molecular flexibility index (Phi) is 4.31. The van der Waals surface area contributed by atoms with E-state index in [4.69, 9.17) is 4.42 Å². The van der Waals surface area contributed by atoms with Gasteiger partial charge in [-0.25, -0.2) is 0 Å². The molecule has 0 spiro atoms. The zero-order chi connectivity index (χ0) is 11.5. The van der Waals surface area contributed by atoms with E-state index in [1.807, 2.05) is 18.3 Å². The largest absolute Gasteiger partial charge is 0.467 e. The van der Waals surface area contributed by atoms with Crippen molar-refractivity contribution in [2.45, 2.75) is 38.3 Å². The Bertz CT molecular complexity index is 460. The SMILES string of the molecule is Cl.c1coc(CNc2cnn(C3CCCC3)c2)c1. The van der Waals surface area contributed by atoms with Crippen LogP contribution < -0.4 is 5.32 Å². The Labute approximate surface area is 113 Å². The number of halogens is 1. The lowest BCUT2D eigenvalue weighted by Gasteiger charge is -2.08. The van der Waals surface area contributed by atoms with Crippen LogP contribution in [-0.4, -0.2) is 9.78 Å². The van der Waals surface area contributed by atoms with Gasteiger partial charge in [-0.05, 0) is 25.0 Å². The van der Waals surface area contributed by atoms with Crippen LogP contribution in [0.1, 0.15) is 37.5 Å². The fourth-order valence-electron chi connectivity index (χ4n) is 2.40. The van der Waals surface area contributed by atoms with Gasteiger partial charge in [0.1, 0.15) is 5.76 Å². The second-order valence-electron chi connectivity index (χ2n) is 4.58. The van der Waals surface area contributed by atoms with Gasteiger partial charge in [0.05, 0.1) is 30.7 Å². The summed E-state index contributed by atoms with van der Waals surface area (Å²) < 4.78 is 7.37. The monoisotopic (exact) mass is 267 g/mol. The molecule has 0 amide bonds. The minimum absolute atomic E-state index is 0. The summed E-state index contributed by atoms with van der Waals surface area (Å²) in [5, 5.41) is 7.74. The first-order valence-corrected chi connectivity index (χ1v) is 6.22. The third-order valence-corrected chi connectivity index (χ3v) is 3.35. The highest BCUT2D eigenvalue weighted by Crippen LogP contribution is 2.29. The van der Waals surface area contributed by atoms with Crippen molar-refractivity contribution < 1.29 is 4.42 Å². The molecule has 1 aliphatic rings. The van der Waals surface area contributed by atoms with Crippen LogP contribution in [-0.2, 0) is 6.54 Å². The molecule has 0 aromatic carbocycles. The number of rotatable bonds is 4. The van der Waals surface area contributed by atoms with Crippen molar-refractivity contribution in [3.63, 3.8) is 0 Å². The predicted octanol–water partition coefficient (Wildman–Crippen LogP) is 3.63. The second-order valence-corrected chi connectivity index (χ2v) is 4.58. The maximum atomic E-state index is 5.27. The summed E-state index contributed by atoms with van der Waals surface area (Å²) in [5.41, 5.74) is 1.06. The normalized spacial score (nSPS) is 15.6. The first-order chi connectivity index (χ1) is 8.42. The number of aromatic nitrogens is 2. The van der Waals surface area contributed by atoms with Gasteiger partial charge in [0.15, 0.2) is 0 Å². The molecule has 18 heavy (non-hydrogen) atoms. The van der Waals surface area contributed by atoms with Crippen molar-refractivity contribution in [1.82, 2.24) is 9.78 Å². The maximum Gasteiger partial charge on any atom is 0.122 e. The molecule has 0 aliphatic heterocycles. The Morgan fingerprint density at radius 1 is 1.39 bits per heavy atom. The Balaban J connectivity index is 0.00000120. The van der Waals surface area contributed by atoms with E-state index in [0.717, 1.165) is 11.4 Å². The third kappa shape index (κ3) is 2.88. The molecule has 0 saturated heterocycles. The summed E-state index contributed by atoms with van der Waals surface area (Å²) in [4.78, 5) is 0. The van der Waals surface area contributed by atoms with Crippen LogP contribution in [0.4, 0.5) is 5.69 Å². The van der Waals surface area contributed by atoms with Gasteiger partial charge < -0.3 is 9.73 Å². The third-order valence-electron chi connectivity index (χ3n) is 3.35. The fraction of sp³-hybridized carbons (Fsp3) is 0.462. The average molecular weight is 268 g/mol. The summed E-state index contributed by atoms with van der Waals surface area (Å²) in [6.07, 6.45) is 10.9. The zero-order valence-corrected chi connectivity index (χ0v) is 11.0. The van der Waals surface area contributed by atoms with E-state index in [2.05, 4.69) is 21.3 Å². The smallest absolute Gasteiger partial charge is 0.122 e. The van der Waals surface area contributed by atoms with Crippen LogP contribution >= 0.6 is 12.4 Å². The molecule has 0 bridgehead atoms. The Hall–Kier alpha value is -1.42. The van der Waals surface area contributed by atoms with Crippen LogP contribution in [0, 0.1) is 0 Å². The van der Waals surface area contributed by atoms with E-state index in [0.29, 0.717) is 12.6 Å². The fourth-order valence-corrected chi connectivity index (χ4v) is 2.40. The van der Waals surface area contributed by atoms with E-state index in [-0.39, 0.29) is 12.4 Å².